The fourth-order valence-electron chi connectivity index (χ4n) is 7.72. The van der Waals surface area contributed by atoms with Crippen LogP contribution in [0.5, 0.6) is 0 Å². The van der Waals surface area contributed by atoms with Gasteiger partial charge in [0.1, 0.15) is 11.2 Å². The smallest absolute Gasteiger partial charge is 0.137 e. The van der Waals surface area contributed by atoms with Crippen LogP contribution in [0.15, 0.2) is 156 Å². The quantitative estimate of drug-likeness (QED) is 0.196. The Morgan fingerprint density at radius 3 is 2.00 bits per heavy atom. The van der Waals surface area contributed by atoms with Gasteiger partial charge in [-0.15, -0.1) is 0 Å². The van der Waals surface area contributed by atoms with Crippen molar-refractivity contribution in [3.63, 3.8) is 0 Å². The SMILES string of the molecule is c1ccc2c(c1)Cc1c-2cccc1N(c1cccc2c1ccc1c3ccccc3ccc21)c1cccc2oc3ccccc3c12. The van der Waals surface area contributed by atoms with Gasteiger partial charge in [-0.25, -0.2) is 0 Å². The van der Waals surface area contributed by atoms with Crippen molar-refractivity contribution >= 4 is 71.3 Å². The fraction of sp³-hybridized carbons (Fsp3) is 0.0233. The van der Waals surface area contributed by atoms with Crippen molar-refractivity contribution in [3.8, 4) is 11.1 Å². The lowest BCUT2D eigenvalue weighted by Gasteiger charge is -2.29. The van der Waals surface area contributed by atoms with E-state index in [-0.39, 0.29) is 0 Å². The summed E-state index contributed by atoms with van der Waals surface area (Å²) in [4.78, 5) is 2.49. The number of fused-ring (bicyclic) bond motifs is 11. The molecule has 0 fully saturated rings. The lowest BCUT2D eigenvalue weighted by molar-refractivity contribution is 0.669. The summed E-state index contributed by atoms with van der Waals surface area (Å²) in [5.74, 6) is 0. The highest BCUT2D eigenvalue weighted by atomic mass is 16.3. The average molecular weight is 574 g/mol. The summed E-state index contributed by atoms with van der Waals surface area (Å²) in [7, 11) is 0. The summed E-state index contributed by atoms with van der Waals surface area (Å²) < 4.78 is 6.42. The minimum atomic E-state index is 0.895. The molecule has 45 heavy (non-hydrogen) atoms. The second-order valence-electron chi connectivity index (χ2n) is 12.0. The summed E-state index contributed by atoms with van der Waals surface area (Å²) in [5, 5.41) is 9.83. The third kappa shape index (κ3) is 3.51. The number of hydrogen-bond donors (Lipinski definition) is 0. The van der Waals surface area contributed by atoms with Crippen LogP contribution in [0.1, 0.15) is 11.1 Å². The van der Waals surface area contributed by atoms with Crippen LogP contribution in [0, 0.1) is 0 Å². The monoisotopic (exact) mass is 573 g/mol. The highest BCUT2D eigenvalue weighted by Crippen LogP contribution is 2.50. The predicted octanol–water partition coefficient (Wildman–Crippen LogP) is 12.1. The minimum absolute atomic E-state index is 0.895. The van der Waals surface area contributed by atoms with E-state index >= 15 is 0 Å². The molecule has 0 spiro atoms. The molecule has 2 nitrogen and oxygen atoms in total. The van der Waals surface area contributed by atoms with Gasteiger partial charge in [-0.2, -0.15) is 0 Å². The highest BCUT2D eigenvalue weighted by molar-refractivity contribution is 6.21. The molecule has 8 aromatic carbocycles. The van der Waals surface area contributed by atoms with Gasteiger partial charge in [0.2, 0.25) is 0 Å². The summed E-state index contributed by atoms with van der Waals surface area (Å²) in [6.07, 6.45) is 0.903. The molecule has 1 aromatic heterocycles. The standard InChI is InChI=1S/C43H27NO/c1-3-12-29-27(10-1)22-23-34-32-16-8-17-38(35(32)25-24-33(29)34)44(39-18-7-15-31-30-13-4-2-11-28(30)26-37(31)39)40-19-9-21-42-43(40)36-14-5-6-20-41(36)45-42/h1-25H,26H2. The molecule has 0 bridgehead atoms. The van der Waals surface area contributed by atoms with E-state index in [2.05, 4.69) is 150 Å². The number of furan rings is 1. The third-order valence-corrected chi connectivity index (χ3v) is 9.69. The van der Waals surface area contributed by atoms with E-state index in [4.69, 9.17) is 4.42 Å². The number of nitrogens with zero attached hydrogens (tertiary/aromatic N) is 1. The van der Waals surface area contributed by atoms with Crippen LogP contribution in [0.25, 0.3) is 65.4 Å². The van der Waals surface area contributed by atoms with E-state index < -0.39 is 0 Å². The van der Waals surface area contributed by atoms with E-state index in [0.717, 1.165) is 39.7 Å². The Morgan fingerprint density at radius 2 is 1.02 bits per heavy atom. The lowest BCUT2D eigenvalue weighted by atomic mass is 9.95. The van der Waals surface area contributed by atoms with Gasteiger partial charge >= 0.3 is 0 Å². The topological polar surface area (TPSA) is 16.4 Å². The molecule has 210 valence electrons. The van der Waals surface area contributed by atoms with Crippen LogP contribution in [0.4, 0.5) is 17.1 Å². The van der Waals surface area contributed by atoms with E-state index in [1.165, 1.54) is 60.3 Å². The number of hydrogen-bond acceptors (Lipinski definition) is 2. The van der Waals surface area contributed by atoms with Crippen LogP contribution in [-0.2, 0) is 6.42 Å². The Morgan fingerprint density at radius 1 is 0.400 bits per heavy atom. The fourth-order valence-corrected chi connectivity index (χ4v) is 7.72. The first-order valence-corrected chi connectivity index (χ1v) is 15.6. The van der Waals surface area contributed by atoms with E-state index in [9.17, 15) is 0 Å². The molecule has 1 aliphatic carbocycles. The van der Waals surface area contributed by atoms with Crippen LogP contribution >= 0.6 is 0 Å². The molecule has 0 aliphatic heterocycles. The summed E-state index contributed by atoms with van der Waals surface area (Å²) in [6.45, 7) is 0. The van der Waals surface area contributed by atoms with Crippen LogP contribution in [-0.4, -0.2) is 0 Å². The lowest BCUT2D eigenvalue weighted by Crippen LogP contribution is -2.13. The first-order chi connectivity index (χ1) is 22.3. The van der Waals surface area contributed by atoms with E-state index in [1.807, 2.05) is 6.07 Å². The maximum Gasteiger partial charge on any atom is 0.137 e. The zero-order valence-corrected chi connectivity index (χ0v) is 24.5. The molecule has 9 aromatic rings. The zero-order chi connectivity index (χ0) is 29.5. The zero-order valence-electron chi connectivity index (χ0n) is 24.5. The van der Waals surface area contributed by atoms with Crippen LogP contribution in [0.3, 0.4) is 0 Å². The van der Waals surface area contributed by atoms with Crippen molar-refractivity contribution < 1.29 is 4.42 Å². The van der Waals surface area contributed by atoms with Crippen molar-refractivity contribution in [2.24, 2.45) is 0 Å². The van der Waals surface area contributed by atoms with Crippen LogP contribution in [0.2, 0.25) is 0 Å². The molecule has 0 saturated heterocycles. The Bertz CT molecular complexity index is 2640. The second-order valence-corrected chi connectivity index (χ2v) is 12.0. The Labute approximate surface area is 260 Å². The molecule has 2 heteroatoms. The molecule has 0 saturated carbocycles. The summed E-state index contributed by atoms with van der Waals surface area (Å²) in [5.41, 5.74) is 10.7. The van der Waals surface area contributed by atoms with Crippen molar-refractivity contribution in [1.29, 1.82) is 0 Å². The summed E-state index contributed by atoms with van der Waals surface area (Å²) >= 11 is 0. The maximum absolute atomic E-state index is 6.42. The van der Waals surface area contributed by atoms with E-state index in [0.29, 0.717) is 0 Å². The number of anilines is 3. The molecule has 0 unspecified atom stereocenters. The molecule has 0 N–H and O–H groups in total. The van der Waals surface area contributed by atoms with Gasteiger partial charge < -0.3 is 9.32 Å². The molecular weight excluding hydrogens is 546 g/mol. The van der Waals surface area contributed by atoms with Crippen molar-refractivity contribution in [2.45, 2.75) is 6.42 Å². The molecule has 10 rings (SSSR count). The number of rotatable bonds is 3. The average Bonchev–Trinajstić information content (AvgIpc) is 3.68. The number of para-hydroxylation sites is 1. The summed E-state index contributed by atoms with van der Waals surface area (Å²) in [6, 6.07) is 55.0. The molecule has 1 aliphatic rings. The second kappa shape index (κ2) is 9.32. The molecule has 0 amide bonds. The third-order valence-electron chi connectivity index (χ3n) is 9.69. The molecule has 1 heterocycles. The Hall–Kier alpha value is -5.86. The Balaban J connectivity index is 1.31. The highest BCUT2D eigenvalue weighted by Gasteiger charge is 2.27. The van der Waals surface area contributed by atoms with Gasteiger partial charge in [0.15, 0.2) is 0 Å². The van der Waals surface area contributed by atoms with Gasteiger partial charge in [-0.3, -0.25) is 0 Å². The van der Waals surface area contributed by atoms with Crippen molar-refractivity contribution in [2.75, 3.05) is 4.90 Å². The van der Waals surface area contributed by atoms with Crippen molar-refractivity contribution in [3.05, 3.63) is 163 Å². The first kappa shape index (κ1) is 24.6. The maximum atomic E-state index is 6.42. The van der Waals surface area contributed by atoms with Gasteiger partial charge in [-0.1, -0.05) is 121 Å². The van der Waals surface area contributed by atoms with Crippen molar-refractivity contribution in [1.82, 2.24) is 0 Å². The van der Waals surface area contributed by atoms with Gasteiger partial charge in [0.25, 0.3) is 0 Å². The predicted molar refractivity (Wildman–Crippen MR) is 189 cm³/mol. The van der Waals surface area contributed by atoms with Gasteiger partial charge in [-0.05, 0) is 79.5 Å². The van der Waals surface area contributed by atoms with E-state index in [1.54, 1.807) is 0 Å². The largest absolute Gasteiger partial charge is 0.456 e. The Kier molecular flexibility index (Phi) is 5.09. The van der Waals surface area contributed by atoms with Gasteiger partial charge in [0, 0.05) is 17.2 Å². The normalized spacial score (nSPS) is 12.4. The van der Waals surface area contributed by atoms with Crippen LogP contribution < -0.4 is 4.90 Å². The first-order valence-electron chi connectivity index (χ1n) is 15.6. The number of benzene rings is 8. The molecule has 0 radical (unpaired) electrons. The molecular formula is C43H27NO. The minimum Gasteiger partial charge on any atom is -0.456 e. The van der Waals surface area contributed by atoms with Gasteiger partial charge in [0.05, 0.1) is 22.4 Å². The molecule has 0 atom stereocenters.